The van der Waals surface area contributed by atoms with E-state index in [-0.39, 0.29) is 0 Å². The molecule has 0 aliphatic rings. The average Bonchev–Trinajstić information content (AvgIpc) is 3.82. The number of benzene rings is 10. The Hall–Kier alpha value is -7.20. The first-order chi connectivity index (χ1) is 28.2. The zero-order valence-corrected chi connectivity index (χ0v) is 31.7. The van der Waals surface area contributed by atoms with Crippen LogP contribution in [0.5, 0.6) is 0 Å². The molecule has 0 amide bonds. The van der Waals surface area contributed by atoms with E-state index >= 15 is 0 Å². The quantitative estimate of drug-likeness (QED) is 0.159. The molecule has 10 aromatic carbocycles. The van der Waals surface area contributed by atoms with Gasteiger partial charge in [0, 0.05) is 59.1 Å². The van der Waals surface area contributed by atoms with E-state index < -0.39 is 0 Å². The summed E-state index contributed by atoms with van der Waals surface area (Å²) in [6, 6.07) is 75.8. The Morgan fingerprint density at radius 2 is 0.895 bits per heavy atom. The number of rotatable bonds is 5. The van der Waals surface area contributed by atoms with Crippen molar-refractivity contribution >= 4 is 103 Å². The fraction of sp³-hybridized carbons (Fsp3) is 0. The summed E-state index contributed by atoms with van der Waals surface area (Å²) in [5.74, 6) is 0. The van der Waals surface area contributed by atoms with Gasteiger partial charge in [0.05, 0.1) is 11.0 Å². The van der Waals surface area contributed by atoms with E-state index in [9.17, 15) is 0 Å². The smallest absolute Gasteiger partial charge is 0.0619 e. The van der Waals surface area contributed by atoms with Gasteiger partial charge in [-0.25, -0.2) is 0 Å². The van der Waals surface area contributed by atoms with E-state index in [0.717, 1.165) is 22.7 Å². The van der Waals surface area contributed by atoms with Crippen molar-refractivity contribution in [1.29, 1.82) is 0 Å². The Morgan fingerprint density at radius 3 is 1.74 bits per heavy atom. The summed E-state index contributed by atoms with van der Waals surface area (Å²) in [5, 5.41) is 12.7. The molecule has 266 valence electrons. The fourth-order valence-electron chi connectivity index (χ4n) is 9.05. The van der Waals surface area contributed by atoms with Crippen molar-refractivity contribution < 1.29 is 0 Å². The van der Waals surface area contributed by atoms with Crippen LogP contribution in [-0.2, 0) is 0 Å². The zero-order valence-electron chi connectivity index (χ0n) is 30.9. The molecular weight excluding hydrogens is 709 g/mol. The SMILES string of the molecule is c1ccc(-n2c3cc(-c4ccc(N(c5ccc6c(ccc7ccccc76)c5)c5ccc6c(c5)sc5ccccc56)cc4)ccc3c3ccc4ccccc4c32)cc1. The highest BCUT2D eigenvalue weighted by Gasteiger charge is 2.18. The highest BCUT2D eigenvalue weighted by atomic mass is 32.1. The van der Waals surface area contributed by atoms with Crippen molar-refractivity contribution in [2.75, 3.05) is 4.90 Å². The molecule has 0 unspecified atom stereocenters. The minimum atomic E-state index is 1.12. The Labute approximate surface area is 333 Å². The van der Waals surface area contributed by atoms with Crippen molar-refractivity contribution in [2.45, 2.75) is 0 Å². The third-order valence-corrected chi connectivity index (χ3v) is 12.9. The second-order valence-electron chi connectivity index (χ2n) is 14.9. The Bertz CT molecular complexity index is 3520. The van der Waals surface area contributed by atoms with Crippen LogP contribution in [0.25, 0.3) is 91.1 Å². The number of para-hydroxylation sites is 1. The maximum absolute atomic E-state index is 2.44. The molecule has 0 bridgehead atoms. The van der Waals surface area contributed by atoms with Gasteiger partial charge in [0.15, 0.2) is 0 Å². The molecule has 12 aromatic rings. The summed E-state index contributed by atoms with van der Waals surface area (Å²) < 4.78 is 5.05. The lowest BCUT2D eigenvalue weighted by atomic mass is 10.0. The molecule has 0 spiro atoms. The number of thiophene rings is 1. The van der Waals surface area contributed by atoms with Gasteiger partial charge in [-0.05, 0) is 98.7 Å². The maximum Gasteiger partial charge on any atom is 0.0619 e. The second-order valence-corrected chi connectivity index (χ2v) is 16.0. The van der Waals surface area contributed by atoms with Crippen LogP contribution >= 0.6 is 11.3 Å². The minimum absolute atomic E-state index is 1.12. The van der Waals surface area contributed by atoms with Crippen molar-refractivity contribution in [3.8, 4) is 16.8 Å². The van der Waals surface area contributed by atoms with Crippen molar-refractivity contribution in [3.05, 3.63) is 206 Å². The summed E-state index contributed by atoms with van der Waals surface area (Å²) in [7, 11) is 0. The lowest BCUT2D eigenvalue weighted by molar-refractivity contribution is 1.19. The second kappa shape index (κ2) is 12.7. The van der Waals surface area contributed by atoms with Crippen LogP contribution in [-0.4, -0.2) is 4.57 Å². The van der Waals surface area contributed by atoms with E-state index in [1.807, 2.05) is 11.3 Å². The number of fused-ring (bicyclic) bond motifs is 11. The molecule has 12 rings (SSSR count). The molecule has 2 heterocycles. The molecule has 0 aliphatic carbocycles. The molecular formula is C54H34N2S. The molecule has 0 fully saturated rings. The molecule has 3 heteroatoms. The summed E-state index contributed by atoms with van der Waals surface area (Å²) in [4.78, 5) is 2.41. The maximum atomic E-state index is 2.44. The predicted octanol–water partition coefficient (Wildman–Crippen LogP) is 15.7. The van der Waals surface area contributed by atoms with Gasteiger partial charge in [-0.15, -0.1) is 11.3 Å². The Morgan fingerprint density at radius 1 is 0.333 bits per heavy atom. The van der Waals surface area contributed by atoms with Crippen molar-refractivity contribution in [2.24, 2.45) is 0 Å². The van der Waals surface area contributed by atoms with Gasteiger partial charge >= 0.3 is 0 Å². The summed E-state index contributed by atoms with van der Waals surface area (Å²) in [6.45, 7) is 0. The average molecular weight is 743 g/mol. The molecule has 0 aliphatic heterocycles. The lowest BCUT2D eigenvalue weighted by Gasteiger charge is -2.26. The highest BCUT2D eigenvalue weighted by Crippen LogP contribution is 2.43. The third-order valence-electron chi connectivity index (χ3n) is 11.7. The molecule has 57 heavy (non-hydrogen) atoms. The number of aromatic nitrogens is 1. The van der Waals surface area contributed by atoms with E-state index in [0.29, 0.717) is 0 Å². The predicted molar refractivity (Wildman–Crippen MR) is 246 cm³/mol. The van der Waals surface area contributed by atoms with Crippen LogP contribution in [0.4, 0.5) is 17.1 Å². The third kappa shape index (κ3) is 5.10. The van der Waals surface area contributed by atoms with Crippen LogP contribution in [0, 0.1) is 0 Å². The molecule has 2 aromatic heterocycles. The fourth-order valence-corrected chi connectivity index (χ4v) is 10.2. The van der Waals surface area contributed by atoms with E-state index in [2.05, 4.69) is 216 Å². The first-order valence-corrected chi connectivity index (χ1v) is 20.3. The van der Waals surface area contributed by atoms with Crippen LogP contribution in [0.3, 0.4) is 0 Å². The van der Waals surface area contributed by atoms with Gasteiger partial charge in [0.1, 0.15) is 0 Å². The van der Waals surface area contributed by atoms with Gasteiger partial charge < -0.3 is 9.47 Å². The Kier molecular flexibility index (Phi) is 7.13. The molecule has 0 radical (unpaired) electrons. The molecule has 0 atom stereocenters. The number of nitrogens with zero attached hydrogens (tertiary/aromatic N) is 2. The van der Waals surface area contributed by atoms with Gasteiger partial charge in [-0.2, -0.15) is 0 Å². The van der Waals surface area contributed by atoms with Crippen molar-refractivity contribution in [1.82, 2.24) is 4.57 Å². The molecule has 0 saturated carbocycles. The molecule has 2 nitrogen and oxygen atoms in total. The van der Waals surface area contributed by atoms with Gasteiger partial charge in [0.2, 0.25) is 0 Å². The summed E-state index contributed by atoms with van der Waals surface area (Å²) in [6.07, 6.45) is 0. The van der Waals surface area contributed by atoms with E-state index in [4.69, 9.17) is 0 Å². The summed E-state index contributed by atoms with van der Waals surface area (Å²) in [5.41, 5.74) is 9.37. The van der Waals surface area contributed by atoms with Gasteiger partial charge in [-0.1, -0.05) is 146 Å². The molecule has 0 N–H and O–H groups in total. The van der Waals surface area contributed by atoms with Crippen LogP contribution in [0.1, 0.15) is 0 Å². The minimum Gasteiger partial charge on any atom is -0.310 e. The van der Waals surface area contributed by atoms with Crippen LogP contribution in [0.2, 0.25) is 0 Å². The van der Waals surface area contributed by atoms with Crippen molar-refractivity contribution in [3.63, 3.8) is 0 Å². The lowest BCUT2D eigenvalue weighted by Crippen LogP contribution is -2.09. The first-order valence-electron chi connectivity index (χ1n) is 19.5. The van der Waals surface area contributed by atoms with E-state index in [1.54, 1.807) is 0 Å². The standard InChI is InChI=1S/C54H34N2S/c1-2-12-40(13-3-1)56-51-33-38(23-28-47(51)50-29-22-37-11-5-7-15-46(37)54(50)56)35-20-24-41(25-21-35)55(43-27-31-49-48-16-8-9-17-52(48)57-53(49)34-43)42-26-30-45-39(32-42)19-18-36-10-4-6-14-44(36)45/h1-34H. The van der Waals surface area contributed by atoms with E-state index in [1.165, 1.54) is 85.4 Å². The van der Waals surface area contributed by atoms with Crippen LogP contribution in [0.15, 0.2) is 206 Å². The Balaban J connectivity index is 1.01. The zero-order chi connectivity index (χ0) is 37.5. The number of hydrogen-bond acceptors (Lipinski definition) is 2. The monoisotopic (exact) mass is 742 g/mol. The number of hydrogen-bond donors (Lipinski definition) is 0. The largest absolute Gasteiger partial charge is 0.310 e. The molecule has 0 saturated heterocycles. The van der Waals surface area contributed by atoms with Gasteiger partial charge in [-0.3, -0.25) is 0 Å². The number of anilines is 3. The topological polar surface area (TPSA) is 8.17 Å². The highest BCUT2D eigenvalue weighted by molar-refractivity contribution is 7.25. The summed E-state index contributed by atoms with van der Waals surface area (Å²) >= 11 is 1.86. The van der Waals surface area contributed by atoms with Crippen LogP contribution < -0.4 is 4.90 Å². The van der Waals surface area contributed by atoms with Gasteiger partial charge in [0.25, 0.3) is 0 Å². The normalized spacial score (nSPS) is 11.9. The first kappa shape index (κ1) is 32.1.